The van der Waals surface area contributed by atoms with Crippen LogP contribution < -0.4 is 16.0 Å². The van der Waals surface area contributed by atoms with E-state index in [0.717, 1.165) is 25.6 Å². The molecule has 0 aromatic carbocycles. The van der Waals surface area contributed by atoms with Gasteiger partial charge in [0.2, 0.25) is 5.95 Å². The summed E-state index contributed by atoms with van der Waals surface area (Å²) in [7, 11) is 0. The highest BCUT2D eigenvalue weighted by atomic mass is 19.4. The zero-order valence-electron chi connectivity index (χ0n) is 14.4. The lowest BCUT2D eigenvalue weighted by Gasteiger charge is -2.24. The molecule has 1 amide bonds. The van der Waals surface area contributed by atoms with E-state index in [1.807, 2.05) is 0 Å². The van der Waals surface area contributed by atoms with E-state index in [-0.39, 0.29) is 29.3 Å². The van der Waals surface area contributed by atoms with Crippen molar-refractivity contribution >= 4 is 11.9 Å². The fourth-order valence-electron chi connectivity index (χ4n) is 3.54. The number of aromatic nitrogens is 3. The molecule has 1 atom stereocenters. The van der Waals surface area contributed by atoms with Gasteiger partial charge in [0.05, 0.1) is 5.69 Å². The van der Waals surface area contributed by atoms with Crippen LogP contribution in [0.2, 0.25) is 0 Å². The minimum atomic E-state index is -4.60. The van der Waals surface area contributed by atoms with Gasteiger partial charge in [-0.1, -0.05) is 0 Å². The van der Waals surface area contributed by atoms with E-state index in [4.69, 9.17) is 0 Å². The van der Waals surface area contributed by atoms with Crippen LogP contribution >= 0.6 is 0 Å². The predicted octanol–water partition coefficient (Wildman–Crippen LogP) is 1.94. The van der Waals surface area contributed by atoms with Crippen LogP contribution in [0.3, 0.4) is 0 Å². The Kier molecular flexibility index (Phi) is 4.50. The first kappa shape index (κ1) is 17.8. The maximum Gasteiger partial charge on any atom is 0.419 e. The van der Waals surface area contributed by atoms with Crippen molar-refractivity contribution in [2.24, 2.45) is 0 Å². The third-order valence-electron chi connectivity index (χ3n) is 4.85. The second kappa shape index (κ2) is 6.84. The number of alkyl halides is 3. The van der Waals surface area contributed by atoms with E-state index in [2.05, 4.69) is 30.9 Å². The number of nitrogens with one attached hydrogen (secondary N) is 4. The third-order valence-corrected chi connectivity index (χ3v) is 4.85. The average molecular weight is 380 g/mol. The number of fused-ring (bicyclic) bond motifs is 1. The van der Waals surface area contributed by atoms with E-state index >= 15 is 0 Å². The van der Waals surface area contributed by atoms with Crippen molar-refractivity contribution in [1.29, 1.82) is 0 Å². The van der Waals surface area contributed by atoms with E-state index in [0.29, 0.717) is 30.6 Å². The first-order valence-corrected chi connectivity index (χ1v) is 8.84. The molecule has 7 nitrogen and oxygen atoms in total. The summed E-state index contributed by atoms with van der Waals surface area (Å²) in [6.07, 6.45) is -0.0574. The van der Waals surface area contributed by atoms with Gasteiger partial charge >= 0.3 is 6.18 Å². The summed E-state index contributed by atoms with van der Waals surface area (Å²) >= 11 is 0. The quantitative estimate of drug-likeness (QED) is 0.653. The van der Waals surface area contributed by atoms with Crippen LogP contribution in [0.1, 0.15) is 34.5 Å². The van der Waals surface area contributed by atoms with Crippen LogP contribution in [0, 0.1) is 0 Å². The fourth-order valence-corrected chi connectivity index (χ4v) is 3.54. The molecule has 2 aromatic rings. The molecular weight excluding hydrogens is 361 g/mol. The summed E-state index contributed by atoms with van der Waals surface area (Å²) in [6.45, 7) is 2.01. The van der Waals surface area contributed by atoms with Crippen molar-refractivity contribution in [1.82, 2.24) is 25.6 Å². The summed E-state index contributed by atoms with van der Waals surface area (Å²) in [6, 6.07) is 0.0641. The summed E-state index contributed by atoms with van der Waals surface area (Å²) in [5, 5.41) is 9.01. The summed E-state index contributed by atoms with van der Waals surface area (Å²) < 4.78 is 40.6. The van der Waals surface area contributed by atoms with Crippen molar-refractivity contribution in [3.8, 4) is 11.3 Å². The number of carbonyl (C=O) groups excluding carboxylic acids is 1. The van der Waals surface area contributed by atoms with Crippen LogP contribution in [-0.2, 0) is 12.6 Å². The second-order valence-corrected chi connectivity index (χ2v) is 6.70. The minimum absolute atomic E-state index is 0.0641. The number of H-pyrrole nitrogens is 1. The number of anilines is 1. The van der Waals surface area contributed by atoms with Gasteiger partial charge in [0.1, 0.15) is 11.3 Å². The van der Waals surface area contributed by atoms with E-state index in [1.54, 1.807) is 0 Å². The molecule has 1 fully saturated rings. The molecule has 4 heterocycles. The largest absolute Gasteiger partial charge is 0.419 e. The SMILES string of the molecule is O=C1NCCc2c(-c3nc(NC4CCCNC4)ncc3C(F)(F)F)c[nH]c21. The van der Waals surface area contributed by atoms with Crippen molar-refractivity contribution < 1.29 is 18.0 Å². The number of amides is 1. The summed E-state index contributed by atoms with van der Waals surface area (Å²) in [4.78, 5) is 22.8. The molecule has 1 saturated heterocycles. The molecule has 2 aromatic heterocycles. The number of rotatable bonds is 3. The number of carbonyl (C=O) groups is 1. The van der Waals surface area contributed by atoms with Crippen LogP contribution in [-0.4, -0.2) is 46.5 Å². The van der Waals surface area contributed by atoms with Gasteiger partial charge in [0.25, 0.3) is 5.91 Å². The standard InChI is InChI=1S/C17H19F3N6O/c18-17(19,20)12-8-24-16(25-9-2-1-4-21-6-9)26-13(12)11-7-23-14-10(11)3-5-22-15(14)27/h7-9,21,23H,1-6H2,(H,22,27)(H,24,25,26). The Morgan fingerprint density at radius 3 is 2.85 bits per heavy atom. The molecule has 4 N–H and O–H groups in total. The second-order valence-electron chi connectivity index (χ2n) is 6.70. The van der Waals surface area contributed by atoms with Gasteiger partial charge in [0, 0.05) is 37.1 Å². The maximum absolute atomic E-state index is 13.5. The lowest BCUT2D eigenvalue weighted by Crippen LogP contribution is -2.38. The molecular formula is C17H19F3N6O. The molecule has 0 bridgehead atoms. The Bertz CT molecular complexity index is 857. The highest BCUT2D eigenvalue weighted by Crippen LogP contribution is 2.38. The maximum atomic E-state index is 13.5. The van der Waals surface area contributed by atoms with Gasteiger partial charge in [-0.25, -0.2) is 9.97 Å². The van der Waals surface area contributed by atoms with Crippen LogP contribution in [0.4, 0.5) is 19.1 Å². The summed E-state index contributed by atoms with van der Waals surface area (Å²) in [5.74, 6) is -0.168. The normalized spacial score (nSPS) is 20.1. The van der Waals surface area contributed by atoms with Gasteiger partial charge in [-0.05, 0) is 31.4 Å². The zero-order valence-corrected chi connectivity index (χ0v) is 14.4. The number of aromatic amines is 1. The number of hydrogen-bond donors (Lipinski definition) is 4. The molecule has 10 heteroatoms. The third kappa shape index (κ3) is 3.48. The Morgan fingerprint density at radius 1 is 1.26 bits per heavy atom. The van der Waals surface area contributed by atoms with Gasteiger partial charge in [-0.2, -0.15) is 13.2 Å². The van der Waals surface area contributed by atoms with Crippen molar-refractivity contribution in [3.63, 3.8) is 0 Å². The average Bonchev–Trinajstić information content (AvgIpc) is 3.07. The van der Waals surface area contributed by atoms with E-state index in [9.17, 15) is 18.0 Å². The minimum Gasteiger partial charge on any atom is -0.356 e. The molecule has 2 aliphatic rings. The fraction of sp³-hybridized carbons (Fsp3) is 0.471. The Labute approximate surface area is 153 Å². The van der Waals surface area contributed by atoms with Gasteiger partial charge in [0.15, 0.2) is 0 Å². The van der Waals surface area contributed by atoms with Crippen molar-refractivity contribution in [2.45, 2.75) is 31.5 Å². The lowest BCUT2D eigenvalue weighted by atomic mass is 9.99. The molecule has 0 spiro atoms. The molecule has 1 unspecified atom stereocenters. The number of halogens is 3. The highest BCUT2D eigenvalue weighted by molar-refractivity contribution is 5.97. The summed E-state index contributed by atoms with van der Waals surface area (Å²) in [5.41, 5.74) is 0.000160. The van der Waals surface area contributed by atoms with Crippen molar-refractivity contribution in [2.75, 3.05) is 25.0 Å². The molecule has 2 aliphatic heterocycles. The Hall–Kier alpha value is -2.62. The smallest absolute Gasteiger partial charge is 0.356 e. The van der Waals surface area contributed by atoms with Crippen LogP contribution in [0.5, 0.6) is 0 Å². The monoisotopic (exact) mass is 380 g/mol. The van der Waals surface area contributed by atoms with Crippen LogP contribution in [0.15, 0.2) is 12.4 Å². The predicted molar refractivity (Wildman–Crippen MR) is 92.4 cm³/mol. The van der Waals surface area contributed by atoms with E-state index in [1.165, 1.54) is 6.20 Å². The zero-order chi connectivity index (χ0) is 19.0. The van der Waals surface area contributed by atoms with Crippen LogP contribution in [0.25, 0.3) is 11.3 Å². The van der Waals surface area contributed by atoms with Gasteiger partial charge < -0.3 is 20.9 Å². The van der Waals surface area contributed by atoms with Gasteiger partial charge in [-0.15, -0.1) is 0 Å². The molecule has 0 aliphatic carbocycles. The molecule has 0 saturated carbocycles. The van der Waals surface area contributed by atoms with Gasteiger partial charge in [-0.3, -0.25) is 4.79 Å². The topological polar surface area (TPSA) is 94.7 Å². The Balaban J connectivity index is 1.75. The molecule has 27 heavy (non-hydrogen) atoms. The molecule has 0 radical (unpaired) electrons. The number of piperidine rings is 1. The van der Waals surface area contributed by atoms with E-state index < -0.39 is 11.7 Å². The Morgan fingerprint density at radius 2 is 2.11 bits per heavy atom. The first-order valence-electron chi connectivity index (χ1n) is 8.84. The molecule has 4 rings (SSSR count). The molecule has 144 valence electrons. The number of nitrogens with zero attached hydrogens (tertiary/aromatic N) is 2. The number of hydrogen-bond acceptors (Lipinski definition) is 5. The van der Waals surface area contributed by atoms with Crippen molar-refractivity contribution in [3.05, 3.63) is 29.2 Å². The highest BCUT2D eigenvalue weighted by Gasteiger charge is 2.37. The first-order chi connectivity index (χ1) is 12.9. The lowest BCUT2D eigenvalue weighted by molar-refractivity contribution is -0.137.